The van der Waals surface area contributed by atoms with E-state index in [0.29, 0.717) is 53.3 Å². The Morgan fingerprint density at radius 1 is 0.956 bits per heavy atom. The number of hydrogen-bond acceptors (Lipinski definition) is 6. The molecule has 2 fully saturated rings. The molecule has 0 spiro atoms. The number of amides is 3. The summed E-state index contributed by atoms with van der Waals surface area (Å²) in [5.41, 5.74) is 0.907. The minimum absolute atomic E-state index is 0.0311. The van der Waals surface area contributed by atoms with Gasteiger partial charge in [-0.25, -0.2) is 9.49 Å². The molecule has 2 N–H and O–H groups in total. The van der Waals surface area contributed by atoms with Gasteiger partial charge >= 0.3 is 0 Å². The van der Waals surface area contributed by atoms with E-state index < -0.39 is 11.7 Å². The van der Waals surface area contributed by atoms with E-state index in [9.17, 15) is 28.4 Å². The van der Waals surface area contributed by atoms with Crippen LogP contribution in [0.1, 0.15) is 53.7 Å². The van der Waals surface area contributed by atoms with Crippen molar-refractivity contribution in [3.05, 3.63) is 87.6 Å². The van der Waals surface area contributed by atoms with Gasteiger partial charge in [0.2, 0.25) is 11.8 Å². The maximum absolute atomic E-state index is 14.8. The summed E-state index contributed by atoms with van der Waals surface area (Å²) >= 11 is 0. The van der Waals surface area contributed by atoms with Crippen LogP contribution in [-0.4, -0.2) is 76.2 Å². The Hall–Kier alpha value is -4.67. The molecule has 0 radical (unpaired) electrons. The lowest BCUT2D eigenvalue weighted by molar-refractivity contribution is -0.136. The summed E-state index contributed by atoms with van der Waals surface area (Å²) in [6.45, 7) is 1.35. The van der Waals surface area contributed by atoms with Crippen LogP contribution in [0.5, 0.6) is 0 Å². The third-order valence-corrected chi connectivity index (χ3v) is 9.22. The van der Waals surface area contributed by atoms with Gasteiger partial charge in [-0.15, -0.1) is 0 Å². The molecule has 3 amide bonds. The van der Waals surface area contributed by atoms with Crippen LogP contribution in [0.25, 0.3) is 10.8 Å². The van der Waals surface area contributed by atoms with Gasteiger partial charge < -0.3 is 15.1 Å². The highest BCUT2D eigenvalue weighted by atomic mass is 19.1. The van der Waals surface area contributed by atoms with E-state index in [1.165, 1.54) is 17.0 Å². The number of hydrogen-bond donors (Lipinski definition) is 2. The molecule has 1 saturated heterocycles. The summed E-state index contributed by atoms with van der Waals surface area (Å²) in [7, 11) is 0. The van der Waals surface area contributed by atoms with Crippen LogP contribution >= 0.6 is 0 Å². The van der Waals surface area contributed by atoms with Crippen molar-refractivity contribution >= 4 is 34.3 Å². The standard InChI is InChI=1S/C34H36FN5O5/c35-29-10-8-22(19-30-25-5-1-2-6-26(25)33(44)38-37-30)18-28(29)34(45)40-14-12-39(13-15-40)31(42)20-24(41)4-3-11-36-32(43)27-17-21-7-9-23(27)16-21/h1-2,5-10,18,21,23,27H,3-4,11-17,19-20H2,(H,36,43)(H,38,44)/t21-,23+,27?/m1/s1. The number of carbonyl (C=O) groups excluding carboxylic acids is 4. The first-order valence-corrected chi connectivity index (χ1v) is 15.6. The first-order chi connectivity index (χ1) is 21.8. The molecular formula is C34H36FN5O5. The van der Waals surface area contributed by atoms with Crippen molar-refractivity contribution in [1.29, 1.82) is 0 Å². The second-order valence-electron chi connectivity index (χ2n) is 12.2. The maximum atomic E-state index is 14.8. The predicted molar refractivity (Wildman–Crippen MR) is 165 cm³/mol. The number of fused-ring (bicyclic) bond motifs is 3. The largest absolute Gasteiger partial charge is 0.356 e. The molecule has 2 aliphatic carbocycles. The molecule has 11 heteroatoms. The van der Waals surface area contributed by atoms with Crippen molar-refractivity contribution in [2.75, 3.05) is 32.7 Å². The fraction of sp³-hybridized carbons (Fsp3) is 0.412. The number of carbonyl (C=O) groups is 4. The van der Waals surface area contributed by atoms with Crippen LogP contribution in [0.15, 0.2) is 59.4 Å². The van der Waals surface area contributed by atoms with E-state index >= 15 is 0 Å². The lowest BCUT2D eigenvalue weighted by Gasteiger charge is -2.35. The molecule has 1 unspecified atom stereocenters. The third kappa shape index (κ3) is 6.72. The van der Waals surface area contributed by atoms with E-state index in [1.807, 2.05) is 6.07 Å². The fourth-order valence-electron chi connectivity index (χ4n) is 6.75. The quantitative estimate of drug-likeness (QED) is 0.205. The highest BCUT2D eigenvalue weighted by Gasteiger charge is 2.39. The average Bonchev–Trinajstić information content (AvgIpc) is 3.69. The molecule has 1 saturated carbocycles. The van der Waals surface area contributed by atoms with Gasteiger partial charge in [-0.3, -0.25) is 24.0 Å². The highest BCUT2D eigenvalue weighted by molar-refractivity contribution is 5.98. The van der Waals surface area contributed by atoms with Gasteiger partial charge in [-0.1, -0.05) is 36.4 Å². The predicted octanol–water partition coefficient (Wildman–Crippen LogP) is 3.01. The first-order valence-electron chi connectivity index (χ1n) is 15.6. The van der Waals surface area contributed by atoms with Crippen molar-refractivity contribution in [3.8, 4) is 0 Å². The van der Waals surface area contributed by atoms with Crippen molar-refractivity contribution in [2.24, 2.45) is 17.8 Å². The van der Waals surface area contributed by atoms with Crippen LogP contribution in [0.4, 0.5) is 4.39 Å². The van der Waals surface area contributed by atoms with E-state index in [-0.39, 0.29) is 73.7 Å². The summed E-state index contributed by atoms with van der Waals surface area (Å²) in [6, 6.07) is 11.4. The number of Topliss-reactive ketones (excluding diaryl/α,β-unsaturated/α-hetero) is 1. The summed E-state index contributed by atoms with van der Waals surface area (Å²) < 4.78 is 14.8. The number of ketones is 1. The van der Waals surface area contributed by atoms with Crippen LogP contribution in [0.3, 0.4) is 0 Å². The number of benzene rings is 2. The zero-order valence-electron chi connectivity index (χ0n) is 25.0. The number of aromatic amines is 1. The molecule has 3 atom stereocenters. The Bertz CT molecular complexity index is 1730. The van der Waals surface area contributed by atoms with Gasteiger partial charge in [0.1, 0.15) is 11.6 Å². The number of H-pyrrole nitrogens is 1. The van der Waals surface area contributed by atoms with Crippen LogP contribution in [-0.2, 0) is 20.8 Å². The molecular weight excluding hydrogens is 577 g/mol. The fourth-order valence-corrected chi connectivity index (χ4v) is 6.75. The number of rotatable bonds is 10. The van der Waals surface area contributed by atoms with Gasteiger partial charge in [0.15, 0.2) is 0 Å². The molecule has 3 aliphatic rings. The molecule has 2 heterocycles. The molecule has 6 rings (SSSR count). The van der Waals surface area contributed by atoms with Crippen LogP contribution in [0.2, 0.25) is 0 Å². The molecule has 1 aliphatic heterocycles. The smallest absolute Gasteiger partial charge is 0.272 e. The van der Waals surface area contributed by atoms with Crippen molar-refractivity contribution in [3.63, 3.8) is 0 Å². The van der Waals surface area contributed by atoms with E-state index in [2.05, 4.69) is 27.7 Å². The second kappa shape index (κ2) is 13.1. The molecule has 2 bridgehead atoms. The van der Waals surface area contributed by atoms with Crippen molar-refractivity contribution < 1.29 is 23.6 Å². The number of nitrogens with one attached hydrogen (secondary N) is 2. The number of halogens is 1. The number of allylic oxidation sites excluding steroid dienone is 2. The average molecular weight is 614 g/mol. The van der Waals surface area contributed by atoms with Gasteiger partial charge in [0.05, 0.1) is 23.1 Å². The summed E-state index contributed by atoms with van der Waals surface area (Å²) in [5, 5.41) is 10.8. The zero-order chi connectivity index (χ0) is 31.5. The Kier molecular flexibility index (Phi) is 8.86. The third-order valence-electron chi connectivity index (χ3n) is 9.22. The summed E-state index contributed by atoms with van der Waals surface area (Å²) in [6.07, 6.45) is 7.05. The second-order valence-corrected chi connectivity index (χ2v) is 12.2. The van der Waals surface area contributed by atoms with E-state index in [4.69, 9.17) is 0 Å². The lowest BCUT2D eigenvalue weighted by atomic mass is 9.93. The maximum Gasteiger partial charge on any atom is 0.272 e. The van der Waals surface area contributed by atoms with E-state index in [1.54, 1.807) is 29.2 Å². The molecule has 2 aromatic carbocycles. The van der Waals surface area contributed by atoms with Gasteiger partial charge in [-0.2, -0.15) is 5.10 Å². The van der Waals surface area contributed by atoms with Gasteiger partial charge in [0.25, 0.3) is 11.5 Å². The molecule has 1 aromatic heterocycles. The molecule has 10 nitrogen and oxygen atoms in total. The van der Waals surface area contributed by atoms with Crippen LogP contribution in [0, 0.1) is 23.6 Å². The highest BCUT2D eigenvalue weighted by Crippen LogP contribution is 2.43. The van der Waals surface area contributed by atoms with E-state index in [0.717, 1.165) is 12.8 Å². The van der Waals surface area contributed by atoms with Crippen LogP contribution < -0.4 is 10.9 Å². The Morgan fingerprint density at radius 3 is 2.44 bits per heavy atom. The monoisotopic (exact) mass is 613 g/mol. The number of piperazine rings is 1. The van der Waals surface area contributed by atoms with Crippen molar-refractivity contribution in [2.45, 2.75) is 38.5 Å². The molecule has 45 heavy (non-hydrogen) atoms. The SMILES string of the molecule is O=C(CCCNC(=O)C1C[C@@H]2C=C[C@H]1C2)CC(=O)N1CCN(C(=O)c2cc(Cc3n[nH]c(=O)c4ccccc34)ccc2F)CC1. The zero-order valence-corrected chi connectivity index (χ0v) is 25.0. The Balaban J connectivity index is 0.964. The Morgan fingerprint density at radius 2 is 1.71 bits per heavy atom. The van der Waals surface area contributed by atoms with Gasteiger partial charge in [-0.05, 0) is 54.9 Å². The van der Waals surface area contributed by atoms with Gasteiger partial charge in [0, 0.05) is 56.9 Å². The minimum atomic E-state index is -0.643. The summed E-state index contributed by atoms with van der Waals surface area (Å²) in [4.78, 5) is 66.1. The number of nitrogens with zero attached hydrogens (tertiary/aromatic N) is 3. The molecule has 3 aromatic rings. The summed E-state index contributed by atoms with van der Waals surface area (Å²) in [5.74, 6) is -0.655. The Labute approximate surface area is 259 Å². The topological polar surface area (TPSA) is 133 Å². The number of aromatic nitrogens is 2. The molecule has 234 valence electrons. The minimum Gasteiger partial charge on any atom is -0.356 e. The lowest BCUT2D eigenvalue weighted by Crippen LogP contribution is -2.51. The first kappa shape index (κ1) is 30.4. The normalized spacial score (nSPS) is 20.5. The van der Waals surface area contributed by atoms with Crippen molar-refractivity contribution in [1.82, 2.24) is 25.3 Å².